The number of hydrogen-bond acceptors (Lipinski definition) is 10. The van der Waals surface area contributed by atoms with Crippen LogP contribution < -0.4 is 0 Å². The minimum absolute atomic E-state index is 0.205. The minimum atomic E-state index is -1.59. The predicted molar refractivity (Wildman–Crippen MR) is 82.0 cm³/mol. The number of esters is 1. The molecule has 0 unspecified atom stereocenters. The SMILES string of the molecule is C[C@H](O)[C@H]1[C@@H](O[C@@H]2O[C@H](CO)[C@@H](O)[C@H](O)[C@H]2O)OC=C2C(=O)OCC[C@H]21. The van der Waals surface area contributed by atoms with Gasteiger partial charge in [0.05, 0.1) is 37.1 Å². The van der Waals surface area contributed by atoms with Gasteiger partial charge in [0.25, 0.3) is 0 Å². The molecule has 26 heavy (non-hydrogen) atoms. The number of carbonyl (C=O) groups excluding carboxylic acids is 1. The van der Waals surface area contributed by atoms with Gasteiger partial charge in [-0.05, 0) is 13.3 Å². The number of cyclic esters (lactones) is 1. The highest BCUT2D eigenvalue weighted by molar-refractivity contribution is 5.89. The van der Waals surface area contributed by atoms with Gasteiger partial charge in [-0.3, -0.25) is 0 Å². The molecule has 0 bridgehead atoms. The van der Waals surface area contributed by atoms with E-state index < -0.39 is 61.6 Å². The van der Waals surface area contributed by atoms with Gasteiger partial charge in [0.1, 0.15) is 24.4 Å². The Balaban J connectivity index is 1.78. The first-order valence-corrected chi connectivity index (χ1v) is 8.51. The second-order valence-electron chi connectivity index (χ2n) is 6.76. The molecule has 0 amide bonds. The second kappa shape index (κ2) is 7.77. The summed E-state index contributed by atoms with van der Waals surface area (Å²) in [6.45, 7) is 1.14. The minimum Gasteiger partial charge on any atom is -0.471 e. The first kappa shape index (κ1) is 19.5. The molecule has 2 fully saturated rings. The van der Waals surface area contributed by atoms with Crippen molar-refractivity contribution in [3.8, 4) is 0 Å². The van der Waals surface area contributed by atoms with E-state index in [0.29, 0.717) is 12.0 Å². The molecule has 148 valence electrons. The molecule has 0 radical (unpaired) electrons. The fraction of sp³-hybridized carbons (Fsp3) is 0.812. The number of rotatable bonds is 4. The highest BCUT2D eigenvalue weighted by atomic mass is 16.8. The van der Waals surface area contributed by atoms with E-state index in [4.69, 9.17) is 18.9 Å². The zero-order valence-corrected chi connectivity index (χ0v) is 14.2. The molecular weight excluding hydrogens is 352 g/mol. The number of aliphatic hydroxyl groups excluding tert-OH is 5. The standard InChI is InChI=1S/C16H24O10/c1-6(18)10-7-2-3-23-14(22)8(7)5-24-15(10)26-16-13(21)12(20)11(19)9(4-17)25-16/h5-7,9-13,15-21H,2-4H2,1H3/t6-,7+,9+,10+,11+,12-,13+,15+,16-/m0/s1. The summed E-state index contributed by atoms with van der Waals surface area (Å²) in [5.74, 6) is -1.52. The van der Waals surface area contributed by atoms with Crippen LogP contribution >= 0.6 is 0 Å². The molecule has 0 spiro atoms. The van der Waals surface area contributed by atoms with E-state index in [1.165, 1.54) is 13.2 Å². The highest BCUT2D eigenvalue weighted by Crippen LogP contribution is 2.39. The molecule has 0 aromatic carbocycles. The lowest BCUT2D eigenvalue weighted by molar-refractivity contribution is -0.345. The maximum absolute atomic E-state index is 11.9. The molecule has 10 nitrogen and oxygen atoms in total. The summed E-state index contributed by atoms with van der Waals surface area (Å²) in [5, 5.41) is 49.2. The summed E-state index contributed by atoms with van der Waals surface area (Å²) in [6.07, 6.45) is -7.51. The van der Waals surface area contributed by atoms with E-state index in [1.54, 1.807) is 0 Å². The van der Waals surface area contributed by atoms with Gasteiger partial charge < -0.3 is 44.5 Å². The lowest BCUT2D eigenvalue weighted by Gasteiger charge is -2.44. The second-order valence-corrected chi connectivity index (χ2v) is 6.76. The summed E-state index contributed by atoms with van der Waals surface area (Å²) in [5.41, 5.74) is 0.302. The van der Waals surface area contributed by atoms with Crippen LogP contribution in [0.4, 0.5) is 0 Å². The lowest BCUT2D eigenvalue weighted by atomic mass is 9.78. The van der Waals surface area contributed by atoms with Gasteiger partial charge >= 0.3 is 5.97 Å². The smallest absolute Gasteiger partial charge is 0.337 e. The number of carbonyl (C=O) groups is 1. The van der Waals surface area contributed by atoms with Gasteiger partial charge in [0.15, 0.2) is 6.29 Å². The van der Waals surface area contributed by atoms with E-state index in [9.17, 15) is 30.3 Å². The Bertz CT molecular complexity index is 547. The molecule has 0 saturated carbocycles. The Kier molecular flexibility index (Phi) is 5.82. The summed E-state index contributed by atoms with van der Waals surface area (Å²) < 4.78 is 21.3. The molecule has 3 aliphatic rings. The van der Waals surface area contributed by atoms with Gasteiger partial charge in [0.2, 0.25) is 6.29 Å². The summed E-state index contributed by atoms with van der Waals surface area (Å²) in [6, 6.07) is 0. The first-order chi connectivity index (χ1) is 12.3. The summed E-state index contributed by atoms with van der Waals surface area (Å²) in [4.78, 5) is 11.9. The van der Waals surface area contributed by atoms with E-state index in [2.05, 4.69) is 0 Å². The number of aliphatic hydroxyl groups is 5. The van der Waals surface area contributed by atoms with E-state index in [0.717, 1.165) is 0 Å². The lowest BCUT2D eigenvalue weighted by Crippen LogP contribution is -2.60. The zero-order valence-electron chi connectivity index (χ0n) is 14.2. The maximum atomic E-state index is 11.9. The van der Waals surface area contributed by atoms with E-state index in [-0.39, 0.29) is 12.5 Å². The Morgan fingerprint density at radius 3 is 2.62 bits per heavy atom. The Labute approximate surface area is 149 Å². The maximum Gasteiger partial charge on any atom is 0.337 e. The van der Waals surface area contributed by atoms with Gasteiger partial charge in [-0.2, -0.15) is 0 Å². The first-order valence-electron chi connectivity index (χ1n) is 8.51. The van der Waals surface area contributed by atoms with Crippen molar-refractivity contribution in [2.45, 2.75) is 56.4 Å². The molecule has 3 rings (SSSR count). The van der Waals surface area contributed by atoms with Crippen molar-refractivity contribution >= 4 is 5.97 Å². The third kappa shape index (κ3) is 3.46. The summed E-state index contributed by atoms with van der Waals surface area (Å²) >= 11 is 0. The van der Waals surface area contributed by atoms with Crippen molar-refractivity contribution in [3.05, 3.63) is 11.8 Å². The number of hydrogen-bond donors (Lipinski definition) is 5. The Morgan fingerprint density at radius 2 is 1.96 bits per heavy atom. The van der Waals surface area contributed by atoms with Gasteiger partial charge in [-0.1, -0.05) is 0 Å². The van der Waals surface area contributed by atoms with Crippen molar-refractivity contribution in [1.29, 1.82) is 0 Å². The van der Waals surface area contributed by atoms with Crippen LogP contribution in [0.3, 0.4) is 0 Å². The largest absolute Gasteiger partial charge is 0.471 e. The van der Waals surface area contributed by atoms with Crippen LogP contribution in [0.25, 0.3) is 0 Å². The molecule has 0 aromatic heterocycles. The van der Waals surface area contributed by atoms with Crippen LogP contribution in [0.1, 0.15) is 13.3 Å². The molecule has 2 saturated heterocycles. The Morgan fingerprint density at radius 1 is 1.23 bits per heavy atom. The van der Waals surface area contributed by atoms with Crippen LogP contribution in [0.2, 0.25) is 0 Å². The molecule has 3 aliphatic heterocycles. The molecule has 3 heterocycles. The van der Waals surface area contributed by atoms with Gasteiger partial charge in [-0.25, -0.2) is 4.79 Å². The molecule has 5 N–H and O–H groups in total. The number of ether oxygens (including phenoxy) is 4. The fourth-order valence-corrected chi connectivity index (χ4v) is 3.62. The van der Waals surface area contributed by atoms with Gasteiger partial charge in [-0.15, -0.1) is 0 Å². The number of fused-ring (bicyclic) bond motifs is 1. The van der Waals surface area contributed by atoms with Crippen molar-refractivity contribution in [1.82, 2.24) is 0 Å². The average molecular weight is 376 g/mol. The quantitative estimate of drug-likeness (QED) is 0.335. The van der Waals surface area contributed by atoms with E-state index >= 15 is 0 Å². The van der Waals surface area contributed by atoms with Gasteiger partial charge in [0, 0.05) is 5.92 Å². The van der Waals surface area contributed by atoms with Crippen molar-refractivity contribution in [3.63, 3.8) is 0 Å². The average Bonchev–Trinajstić information content (AvgIpc) is 2.61. The fourth-order valence-electron chi connectivity index (χ4n) is 3.62. The van der Waals surface area contributed by atoms with Crippen LogP contribution in [0, 0.1) is 11.8 Å². The molecule has 0 aliphatic carbocycles. The Hall–Kier alpha value is -1.27. The third-order valence-electron chi connectivity index (χ3n) is 5.08. The van der Waals surface area contributed by atoms with Crippen LogP contribution in [0.5, 0.6) is 0 Å². The topological polar surface area (TPSA) is 155 Å². The van der Waals surface area contributed by atoms with E-state index in [1.807, 2.05) is 0 Å². The van der Waals surface area contributed by atoms with Crippen LogP contribution in [-0.2, 0) is 23.7 Å². The zero-order chi connectivity index (χ0) is 19.0. The van der Waals surface area contributed by atoms with Crippen molar-refractivity contribution in [2.75, 3.05) is 13.2 Å². The molecular formula is C16H24O10. The van der Waals surface area contributed by atoms with Crippen LogP contribution in [0.15, 0.2) is 11.8 Å². The molecule has 0 aromatic rings. The molecule has 9 atom stereocenters. The third-order valence-corrected chi connectivity index (χ3v) is 5.08. The normalized spacial score (nSPS) is 44.4. The van der Waals surface area contributed by atoms with Crippen molar-refractivity contribution < 1.29 is 49.3 Å². The summed E-state index contributed by atoms with van der Waals surface area (Å²) in [7, 11) is 0. The predicted octanol–water partition coefficient (Wildman–Crippen LogP) is -2.40. The molecule has 10 heteroatoms. The monoisotopic (exact) mass is 376 g/mol. The van der Waals surface area contributed by atoms with Crippen molar-refractivity contribution in [2.24, 2.45) is 11.8 Å². The highest BCUT2D eigenvalue weighted by Gasteiger charge is 2.49. The van der Waals surface area contributed by atoms with Crippen LogP contribution in [-0.4, -0.2) is 87.8 Å².